The lowest BCUT2D eigenvalue weighted by molar-refractivity contribution is 0.0256. The smallest absolute Gasteiger partial charge is 0.204 e. The van der Waals surface area contributed by atoms with Crippen molar-refractivity contribution in [2.24, 2.45) is 5.92 Å². The minimum Gasteiger partial charge on any atom is -0.490 e. The average Bonchev–Trinajstić information content (AvgIpc) is 3.18. The highest BCUT2D eigenvalue weighted by Gasteiger charge is 2.17. The maximum absolute atomic E-state index is 6.20. The third-order valence-corrected chi connectivity index (χ3v) is 5.85. The summed E-state index contributed by atoms with van der Waals surface area (Å²) in [5.41, 5.74) is 3.71. The van der Waals surface area contributed by atoms with Gasteiger partial charge in [-0.15, -0.1) is 10.2 Å². The van der Waals surface area contributed by atoms with Gasteiger partial charge in [0.2, 0.25) is 5.65 Å². The Kier molecular flexibility index (Phi) is 7.65. The van der Waals surface area contributed by atoms with Crippen molar-refractivity contribution in [2.75, 3.05) is 31.6 Å². The van der Waals surface area contributed by atoms with Crippen molar-refractivity contribution >= 4 is 22.5 Å². The number of allylic oxidation sites excluding steroid dienone is 1. The van der Waals surface area contributed by atoms with Gasteiger partial charge in [-0.25, -0.2) is 4.98 Å². The fourth-order valence-corrected chi connectivity index (χ4v) is 4.22. The molecule has 0 radical (unpaired) electrons. The van der Waals surface area contributed by atoms with Crippen molar-refractivity contribution in [1.29, 1.82) is 0 Å². The van der Waals surface area contributed by atoms with Gasteiger partial charge in [0.25, 0.3) is 0 Å². The van der Waals surface area contributed by atoms with Crippen LogP contribution in [0.25, 0.3) is 16.7 Å². The predicted octanol–water partition coefficient (Wildman–Crippen LogP) is 4.49. The van der Waals surface area contributed by atoms with E-state index in [4.69, 9.17) is 14.5 Å². The highest BCUT2D eigenvalue weighted by Crippen LogP contribution is 2.26. The Morgan fingerprint density at radius 1 is 1.21 bits per heavy atom. The number of hydrogen-bond acceptors (Lipinski definition) is 7. The molecule has 1 fully saturated rings. The van der Waals surface area contributed by atoms with Crippen LogP contribution in [0, 0.1) is 12.8 Å². The van der Waals surface area contributed by atoms with Crippen LogP contribution in [0.4, 0.5) is 5.82 Å². The van der Waals surface area contributed by atoms with Crippen LogP contribution in [0.5, 0.6) is 5.75 Å². The van der Waals surface area contributed by atoms with Crippen LogP contribution in [-0.2, 0) is 4.74 Å². The number of anilines is 1. The molecular formula is C25H36N6O2. The molecule has 0 aliphatic carbocycles. The Bertz CT molecular complexity index is 1090. The molecule has 1 aliphatic rings. The van der Waals surface area contributed by atoms with Gasteiger partial charge < -0.3 is 20.1 Å². The number of hydrogen-bond donors (Lipinski definition) is 2. The predicted molar refractivity (Wildman–Crippen MR) is 132 cm³/mol. The molecule has 0 unspecified atom stereocenters. The molecule has 0 bridgehead atoms. The molecule has 0 amide bonds. The Morgan fingerprint density at radius 3 is 2.79 bits per heavy atom. The largest absolute Gasteiger partial charge is 0.490 e. The minimum atomic E-state index is 0.194. The first-order valence-corrected chi connectivity index (χ1v) is 12.1. The molecule has 2 aromatic heterocycles. The summed E-state index contributed by atoms with van der Waals surface area (Å²) in [7, 11) is 0. The van der Waals surface area contributed by atoms with Crippen molar-refractivity contribution in [3.05, 3.63) is 36.3 Å². The zero-order valence-electron chi connectivity index (χ0n) is 20.1. The standard InChI is InChI=1S/C25H36N6O2/c1-17(2)15-18(3)26-11-5-6-12-27-24-25-30-29-19(4)31(25)23-8-7-21(16-22(23)28-24)33-20-9-13-32-14-10-20/h7-8,16-17,20,26H,3,5-6,9-15H2,1-2,4H3,(H,27,28). The third kappa shape index (κ3) is 5.93. The second-order valence-corrected chi connectivity index (χ2v) is 9.21. The summed E-state index contributed by atoms with van der Waals surface area (Å²) in [6.07, 6.45) is 5.13. The van der Waals surface area contributed by atoms with E-state index in [1.807, 2.05) is 25.1 Å². The second kappa shape index (κ2) is 10.8. The molecule has 2 N–H and O–H groups in total. The lowest BCUT2D eigenvalue weighted by Gasteiger charge is -2.23. The van der Waals surface area contributed by atoms with Crippen molar-refractivity contribution in [3.8, 4) is 5.75 Å². The molecule has 1 aromatic carbocycles. The summed E-state index contributed by atoms with van der Waals surface area (Å²) in [5, 5.41) is 15.6. The maximum atomic E-state index is 6.20. The van der Waals surface area contributed by atoms with Gasteiger partial charge in [-0.2, -0.15) is 0 Å². The summed E-state index contributed by atoms with van der Waals surface area (Å²) in [4.78, 5) is 4.88. The summed E-state index contributed by atoms with van der Waals surface area (Å²) < 4.78 is 13.7. The van der Waals surface area contributed by atoms with E-state index in [9.17, 15) is 0 Å². The van der Waals surface area contributed by atoms with Crippen LogP contribution in [0.2, 0.25) is 0 Å². The van der Waals surface area contributed by atoms with Gasteiger partial charge in [-0.3, -0.25) is 4.40 Å². The van der Waals surface area contributed by atoms with E-state index >= 15 is 0 Å². The Morgan fingerprint density at radius 2 is 2.00 bits per heavy atom. The van der Waals surface area contributed by atoms with E-state index in [0.29, 0.717) is 5.92 Å². The Balaban J connectivity index is 1.42. The zero-order valence-corrected chi connectivity index (χ0v) is 20.1. The maximum Gasteiger partial charge on any atom is 0.204 e. The van der Waals surface area contributed by atoms with Crippen LogP contribution >= 0.6 is 0 Å². The summed E-state index contributed by atoms with van der Waals surface area (Å²) in [6.45, 7) is 13.7. The first kappa shape index (κ1) is 23.3. The van der Waals surface area contributed by atoms with E-state index in [1.54, 1.807) is 0 Å². The molecule has 3 heterocycles. The number of fused-ring (bicyclic) bond motifs is 3. The molecular weight excluding hydrogens is 416 g/mol. The van der Waals surface area contributed by atoms with E-state index in [-0.39, 0.29) is 6.10 Å². The number of ether oxygens (including phenoxy) is 2. The number of aryl methyl sites for hydroxylation is 1. The molecule has 178 valence electrons. The van der Waals surface area contributed by atoms with Gasteiger partial charge in [0.05, 0.1) is 24.2 Å². The lowest BCUT2D eigenvalue weighted by Crippen LogP contribution is -2.25. The van der Waals surface area contributed by atoms with E-state index < -0.39 is 0 Å². The van der Waals surface area contributed by atoms with Crippen LogP contribution in [-0.4, -0.2) is 52.0 Å². The normalized spacial score (nSPS) is 14.8. The fourth-order valence-electron chi connectivity index (χ4n) is 4.22. The van der Waals surface area contributed by atoms with E-state index in [2.05, 4.69) is 45.7 Å². The van der Waals surface area contributed by atoms with Crippen LogP contribution in [0.1, 0.15) is 51.8 Å². The molecule has 0 saturated carbocycles. The number of unbranched alkanes of at least 4 members (excludes halogenated alkanes) is 1. The highest BCUT2D eigenvalue weighted by molar-refractivity contribution is 5.84. The monoisotopic (exact) mass is 452 g/mol. The van der Waals surface area contributed by atoms with Gasteiger partial charge in [-0.1, -0.05) is 20.4 Å². The molecule has 33 heavy (non-hydrogen) atoms. The summed E-state index contributed by atoms with van der Waals surface area (Å²) in [5.74, 6) is 3.06. The number of benzene rings is 1. The summed E-state index contributed by atoms with van der Waals surface area (Å²) >= 11 is 0. The van der Waals surface area contributed by atoms with Crippen molar-refractivity contribution in [2.45, 2.75) is 59.0 Å². The third-order valence-electron chi connectivity index (χ3n) is 5.85. The number of aromatic nitrogens is 4. The quantitative estimate of drug-likeness (QED) is 0.415. The molecule has 8 heteroatoms. The second-order valence-electron chi connectivity index (χ2n) is 9.21. The lowest BCUT2D eigenvalue weighted by atomic mass is 10.1. The number of nitrogens with one attached hydrogen (secondary N) is 2. The van der Waals surface area contributed by atoms with Gasteiger partial charge in [0.1, 0.15) is 17.7 Å². The number of rotatable bonds is 11. The van der Waals surface area contributed by atoms with E-state index in [1.165, 1.54) is 0 Å². The Hall–Kier alpha value is -2.87. The molecule has 3 aromatic rings. The average molecular weight is 453 g/mol. The minimum absolute atomic E-state index is 0.194. The van der Waals surface area contributed by atoms with Gasteiger partial charge >= 0.3 is 0 Å². The van der Waals surface area contributed by atoms with Gasteiger partial charge in [0, 0.05) is 37.7 Å². The molecule has 4 rings (SSSR count). The molecule has 0 atom stereocenters. The molecule has 0 spiro atoms. The van der Waals surface area contributed by atoms with Crippen LogP contribution < -0.4 is 15.4 Å². The van der Waals surface area contributed by atoms with Crippen LogP contribution in [0.15, 0.2) is 30.5 Å². The number of nitrogens with zero attached hydrogens (tertiary/aromatic N) is 4. The van der Waals surface area contributed by atoms with Gasteiger partial charge in [-0.05, 0) is 44.2 Å². The van der Waals surface area contributed by atoms with Crippen molar-refractivity contribution in [1.82, 2.24) is 24.9 Å². The zero-order chi connectivity index (χ0) is 23.2. The first-order chi connectivity index (χ1) is 16.0. The molecule has 1 aliphatic heterocycles. The molecule has 8 nitrogen and oxygen atoms in total. The topological polar surface area (TPSA) is 85.6 Å². The van der Waals surface area contributed by atoms with E-state index in [0.717, 1.165) is 98.2 Å². The van der Waals surface area contributed by atoms with Gasteiger partial charge in [0.15, 0.2) is 5.82 Å². The highest BCUT2D eigenvalue weighted by atomic mass is 16.5. The first-order valence-electron chi connectivity index (χ1n) is 12.1. The van der Waals surface area contributed by atoms with Crippen molar-refractivity contribution in [3.63, 3.8) is 0 Å². The summed E-state index contributed by atoms with van der Waals surface area (Å²) in [6, 6.07) is 6.06. The molecule has 1 saturated heterocycles. The van der Waals surface area contributed by atoms with Crippen LogP contribution in [0.3, 0.4) is 0 Å². The Labute approximate surface area is 195 Å². The SMILES string of the molecule is C=C(CC(C)C)NCCCCNc1nc2cc(OC3CCOCC3)ccc2n2c(C)nnc12. The fraction of sp³-hybridized carbons (Fsp3) is 0.560. The van der Waals surface area contributed by atoms with Crippen molar-refractivity contribution < 1.29 is 9.47 Å².